The summed E-state index contributed by atoms with van der Waals surface area (Å²) in [7, 11) is 0. The van der Waals surface area contributed by atoms with Crippen molar-refractivity contribution in [2.24, 2.45) is 0 Å². The molecule has 2 aliphatic rings. The van der Waals surface area contributed by atoms with E-state index in [0.29, 0.717) is 50.4 Å². The molecule has 0 radical (unpaired) electrons. The van der Waals surface area contributed by atoms with Crippen LogP contribution in [0.15, 0.2) is 42.5 Å². The minimum atomic E-state index is -0.373. The van der Waals surface area contributed by atoms with Crippen LogP contribution in [0.2, 0.25) is 0 Å². The second-order valence-electron chi connectivity index (χ2n) is 6.42. The quantitative estimate of drug-likeness (QED) is 0.833. The molecule has 5 nitrogen and oxygen atoms in total. The van der Waals surface area contributed by atoms with Gasteiger partial charge in [0.25, 0.3) is 11.8 Å². The van der Waals surface area contributed by atoms with E-state index in [-0.39, 0.29) is 17.6 Å². The molecule has 0 saturated carbocycles. The molecule has 0 spiro atoms. The molecule has 1 fully saturated rings. The summed E-state index contributed by atoms with van der Waals surface area (Å²) in [6.45, 7) is 2.78. The molecule has 0 N–H and O–H groups in total. The lowest BCUT2D eigenvalue weighted by atomic mass is 10.0. The summed E-state index contributed by atoms with van der Waals surface area (Å²) in [6, 6.07) is 11.0. The molecule has 0 bridgehead atoms. The molecular weight excluding hydrogens is 335 g/mol. The van der Waals surface area contributed by atoms with E-state index >= 15 is 0 Å². The van der Waals surface area contributed by atoms with Crippen molar-refractivity contribution in [3.63, 3.8) is 0 Å². The Morgan fingerprint density at radius 1 is 0.923 bits per heavy atom. The maximum absolute atomic E-state index is 13.1. The van der Waals surface area contributed by atoms with Crippen molar-refractivity contribution >= 4 is 17.5 Å². The van der Waals surface area contributed by atoms with Crippen LogP contribution in [0, 0.1) is 5.82 Å². The Morgan fingerprint density at radius 2 is 1.65 bits per heavy atom. The first kappa shape index (κ1) is 16.7. The van der Waals surface area contributed by atoms with Crippen molar-refractivity contribution in [2.45, 2.75) is 6.42 Å². The van der Waals surface area contributed by atoms with Gasteiger partial charge >= 0.3 is 0 Å². The minimum Gasteiger partial charge on any atom is -0.378 e. The number of ether oxygens (including phenoxy) is 1. The van der Waals surface area contributed by atoms with Crippen LogP contribution in [0.5, 0.6) is 0 Å². The zero-order chi connectivity index (χ0) is 18.1. The molecule has 2 aliphatic heterocycles. The molecule has 2 aromatic rings. The van der Waals surface area contributed by atoms with Gasteiger partial charge in [-0.05, 0) is 48.4 Å². The van der Waals surface area contributed by atoms with Gasteiger partial charge in [0.15, 0.2) is 0 Å². The average molecular weight is 354 g/mol. The number of halogens is 1. The van der Waals surface area contributed by atoms with Crippen LogP contribution < -0.4 is 4.90 Å². The Hall–Kier alpha value is -2.73. The topological polar surface area (TPSA) is 49.9 Å². The van der Waals surface area contributed by atoms with E-state index in [9.17, 15) is 14.0 Å². The number of rotatable bonds is 2. The molecule has 6 heteroatoms. The van der Waals surface area contributed by atoms with Crippen molar-refractivity contribution in [1.82, 2.24) is 4.90 Å². The standard InChI is InChI=1S/C20H19FN2O3/c21-15-6-4-14(5-7-15)19(24)23-9-8-16-17(2-1-3-18(16)23)20(25)22-10-12-26-13-11-22/h1-7H,8-13H2. The maximum atomic E-state index is 13.1. The molecule has 1 saturated heterocycles. The van der Waals surface area contributed by atoms with E-state index in [2.05, 4.69) is 0 Å². The van der Waals surface area contributed by atoms with Crippen molar-refractivity contribution < 1.29 is 18.7 Å². The summed E-state index contributed by atoms with van der Waals surface area (Å²) in [5.74, 6) is -0.567. The lowest BCUT2D eigenvalue weighted by Crippen LogP contribution is -2.41. The van der Waals surface area contributed by atoms with Gasteiger partial charge in [0.2, 0.25) is 0 Å². The van der Waals surface area contributed by atoms with Gasteiger partial charge in [-0.2, -0.15) is 0 Å². The van der Waals surface area contributed by atoms with Crippen LogP contribution in [0.25, 0.3) is 0 Å². The normalized spacial score (nSPS) is 16.5. The fraction of sp³-hybridized carbons (Fsp3) is 0.300. The Morgan fingerprint density at radius 3 is 2.38 bits per heavy atom. The molecule has 26 heavy (non-hydrogen) atoms. The summed E-state index contributed by atoms with van der Waals surface area (Å²) in [5, 5.41) is 0. The number of carbonyl (C=O) groups excluding carboxylic acids is 2. The largest absolute Gasteiger partial charge is 0.378 e. The second kappa shape index (κ2) is 6.88. The van der Waals surface area contributed by atoms with Crippen molar-refractivity contribution in [1.29, 1.82) is 0 Å². The average Bonchev–Trinajstić information content (AvgIpc) is 3.12. The third-order valence-electron chi connectivity index (χ3n) is 4.89. The highest BCUT2D eigenvalue weighted by Crippen LogP contribution is 2.32. The molecule has 2 amide bonds. The molecule has 0 unspecified atom stereocenters. The predicted molar refractivity (Wildman–Crippen MR) is 94.9 cm³/mol. The number of morpholine rings is 1. The number of benzene rings is 2. The van der Waals surface area contributed by atoms with Crippen LogP contribution in [-0.2, 0) is 11.2 Å². The van der Waals surface area contributed by atoms with Gasteiger partial charge in [0.05, 0.1) is 13.2 Å². The van der Waals surface area contributed by atoms with E-state index in [0.717, 1.165) is 11.3 Å². The molecule has 2 aromatic carbocycles. The Bertz CT molecular complexity index is 845. The zero-order valence-electron chi connectivity index (χ0n) is 14.3. The highest BCUT2D eigenvalue weighted by molar-refractivity contribution is 6.08. The first-order chi connectivity index (χ1) is 12.6. The van der Waals surface area contributed by atoms with E-state index in [1.807, 2.05) is 18.2 Å². The van der Waals surface area contributed by atoms with Gasteiger partial charge in [-0.1, -0.05) is 6.07 Å². The number of hydrogen-bond donors (Lipinski definition) is 0. The number of fused-ring (bicyclic) bond motifs is 1. The first-order valence-electron chi connectivity index (χ1n) is 8.71. The summed E-state index contributed by atoms with van der Waals surface area (Å²) in [5.41, 5.74) is 2.75. The maximum Gasteiger partial charge on any atom is 0.258 e. The van der Waals surface area contributed by atoms with E-state index in [1.54, 1.807) is 9.80 Å². The number of amides is 2. The van der Waals surface area contributed by atoms with Gasteiger partial charge in [0, 0.05) is 36.4 Å². The lowest BCUT2D eigenvalue weighted by molar-refractivity contribution is 0.0302. The molecule has 0 atom stereocenters. The first-order valence-corrected chi connectivity index (χ1v) is 8.71. The fourth-order valence-electron chi connectivity index (χ4n) is 3.53. The van der Waals surface area contributed by atoms with Crippen molar-refractivity contribution in [3.8, 4) is 0 Å². The molecule has 0 aliphatic carbocycles. The van der Waals surface area contributed by atoms with E-state index in [4.69, 9.17) is 4.74 Å². The minimum absolute atomic E-state index is 0.0127. The van der Waals surface area contributed by atoms with Gasteiger partial charge in [-0.25, -0.2) is 4.39 Å². The van der Waals surface area contributed by atoms with Gasteiger partial charge in [0.1, 0.15) is 5.82 Å². The molecule has 0 aromatic heterocycles. The van der Waals surface area contributed by atoms with E-state index < -0.39 is 0 Å². The predicted octanol–water partition coefficient (Wildman–Crippen LogP) is 2.50. The monoisotopic (exact) mass is 354 g/mol. The third kappa shape index (κ3) is 2.97. The van der Waals surface area contributed by atoms with Crippen molar-refractivity contribution in [3.05, 3.63) is 65.0 Å². The molecule has 134 valence electrons. The smallest absolute Gasteiger partial charge is 0.258 e. The zero-order valence-corrected chi connectivity index (χ0v) is 14.3. The number of anilines is 1. The van der Waals surface area contributed by atoms with Crippen molar-refractivity contribution in [2.75, 3.05) is 37.7 Å². The molecule has 4 rings (SSSR count). The summed E-state index contributed by atoms with van der Waals surface area (Å²) in [6.07, 6.45) is 0.633. The highest BCUT2D eigenvalue weighted by atomic mass is 19.1. The highest BCUT2D eigenvalue weighted by Gasteiger charge is 2.30. The summed E-state index contributed by atoms with van der Waals surface area (Å²) in [4.78, 5) is 29.1. The Labute approximate surface area is 151 Å². The number of nitrogens with zero attached hydrogens (tertiary/aromatic N) is 2. The van der Waals surface area contributed by atoms with Gasteiger partial charge in [-0.3, -0.25) is 9.59 Å². The van der Waals surface area contributed by atoms with Crippen LogP contribution in [-0.4, -0.2) is 49.6 Å². The molecular formula is C20H19FN2O3. The van der Waals surface area contributed by atoms with E-state index in [1.165, 1.54) is 24.3 Å². The number of hydrogen-bond acceptors (Lipinski definition) is 3. The fourth-order valence-corrected chi connectivity index (χ4v) is 3.53. The van der Waals surface area contributed by atoms with Crippen LogP contribution >= 0.6 is 0 Å². The molecule has 2 heterocycles. The third-order valence-corrected chi connectivity index (χ3v) is 4.89. The van der Waals surface area contributed by atoms with Gasteiger partial charge in [-0.15, -0.1) is 0 Å². The lowest BCUT2D eigenvalue weighted by Gasteiger charge is -2.27. The summed E-state index contributed by atoms with van der Waals surface area (Å²) >= 11 is 0. The Kier molecular flexibility index (Phi) is 4.42. The summed E-state index contributed by atoms with van der Waals surface area (Å²) < 4.78 is 18.4. The second-order valence-corrected chi connectivity index (χ2v) is 6.42. The van der Waals surface area contributed by atoms with Crippen LogP contribution in [0.1, 0.15) is 26.3 Å². The van der Waals surface area contributed by atoms with Crippen LogP contribution in [0.3, 0.4) is 0 Å². The number of carbonyl (C=O) groups is 2. The Balaban J connectivity index is 1.62. The van der Waals surface area contributed by atoms with Crippen LogP contribution in [0.4, 0.5) is 10.1 Å². The van der Waals surface area contributed by atoms with Gasteiger partial charge < -0.3 is 14.5 Å². The SMILES string of the molecule is O=C(c1cccc2c1CCN2C(=O)c1ccc(F)cc1)N1CCOCC1.